The van der Waals surface area contributed by atoms with Crippen molar-refractivity contribution >= 4 is 11.3 Å². The number of pyridine rings is 2. The van der Waals surface area contributed by atoms with Crippen molar-refractivity contribution in [1.29, 1.82) is 0 Å². The molecule has 1 aliphatic rings. The Morgan fingerprint density at radius 2 is 2.04 bits per heavy atom. The lowest BCUT2D eigenvalue weighted by molar-refractivity contribution is 0.155. The average Bonchev–Trinajstić information content (AvgIpc) is 3.12. The largest absolute Gasteiger partial charge is 0.314 e. The molecule has 0 amide bonds. The summed E-state index contributed by atoms with van der Waals surface area (Å²) in [6, 6.07) is 10.5. The molecule has 122 valence electrons. The Labute approximate surface area is 145 Å². The molecule has 1 saturated heterocycles. The molecular formula is C18H19N5S. The van der Waals surface area contributed by atoms with E-state index in [1.165, 1.54) is 10.4 Å². The van der Waals surface area contributed by atoms with Crippen LogP contribution in [0.15, 0.2) is 55.1 Å². The van der Waals surface area contributed by atoms with E-state index in [4.69, 9.17) is 0 Å². The first-order valence-electron chi connectivity index (χ1n) is 8.11. The fraction of sp³-hybridized carbons (Fsp3) is 0.278. The van der Waals surface area contributed by atoms with Gasteiger partial charge in [-0.25, -0.2) is 4.98 Å². The first kappa shape index (κ1) is 15.4. The molecule has 1 fully saturated rings. The highest BCUT2D eigenvalue weighted by Crippen LogP contribution is 2.28. The summed E-state index contributed by atoms with van der Waals surface area (Å²) in [4.78, 5) is 16.9. The Kier molecular flexibility index (Phi) is 4.60. The van der Waals surface area contributed by atoms with Crippen molar-refractivity contribution in [2.45, 2.75) is 12.6 Å². The van der Waals surface area contributed by atoms with E-state index >= 15 is 0 Å². The molecule has 0 bridgehead atoms. The molecule has 0 saturated carbocycles. The molecule has 0 aromatic carbocycles. The van der Waals surface area contributed by atoms with E-state index < -0.39 is 0 Å². The van der Waals surface area contributed by atoms with Gasteiger partial charge in [0.1, 0.15) is 5.01 Å². The number of piperazine rings is 1. The maximum absolute atomic E-state index is 4.55. The molecule has 6 heteroatoms. The van der Waals surface area contributed by atoms with Gasteiger partial charge in [-0.15, -0.1) is 11.3 Å². The molecule has 24 heavy (non-hydrogen) atoms. The normalized spacial score (nSPS) is 18.6. The highest BCUT2D eigenvalue weighted by molar-refractivity contribution is 7.14. The zero-order valence-corrected chi connectivity index (χ0v) is 14.1. The fourth-order valence-corrected chi connectivity index (χ4v) is 3.95. The summed E-state index contributed by atoms with van der Waals surface area (Å²) in [7, 11) is 0. The smallest absolute Gasteiger partial charge is 0.142 e. The summed E-state index contributed by atoms with van der Waals surface area (Å²) in [6.07, 6.45) is 7.54. The molecule has 3 aromatic heterocycles. The van der Waals surface area contributed by atoms with Gasteiger partial charge in [-0.2, -0.15) is 0 Å². The van der Waals surface area contributed by atoms with Crippen molar-refractivity contribution in [2.24, 2.45) is 0 Å². The fourth-order valence-electron chi connectivity index (χ4n) is 3.04. The van der Waals surface area contributed by atoms with E-state index in [0.717, 1.165) is 36.9 Å². The van der Waals surface area contributed by atoms with Gasteiger partial charge in [0.15, 0.2) is 0 Å². The molecule has 4 heterocycles. The molecule has 1 N–H and O–H groups in total. The third-order valence-electron chi connectivity index (χ3n) is 4.24. The third kappa shape index (κ3) is 3.36. The van der Waals surface area contributed by atoms with Crippen LogP contribution in [-0.4, -0.2) is 39.5 Å². The SMILES string of the molecule is c1ccc(-c2ncc(CN3CCNCC3c3ccncc3)s2)nc1. The van der Waals surface area contributed by atoms with Crippen LogP contribution in [0, 0.1) is 0 Å². The van der Waals surface area contributed by atoms with Gasteiger partial charge in [-0.1, -0.05) is 6.07 Å². The van der Waals surface area contributed by atoms with Crippen LogP contribution in [-0.2, 0) is 6.54 Å². The minimum atomic E-state index is 0.377. The number of thiazole rings is 1. The Bertz CT molecular complexity index is 774. The molecule has 1 aliphatic heterocycles. The van der Waals surface area contributed by atoms with E-state index in [-0.39, 0.29) is 0 Å². The van der Waals surface area contributed by atoms with Crippen LogP contribution >= 0.6 is 11.3 Å². The van der Waals surface area contributed by atoms with Crippen molar-refractivity contribution < 1.29 is 0 Å². The average molecular weight is 337 g/mol. The number of nitrogens with one attached hydrogen (secondary N) is 1. The van der Waals surface area contributed by atoms with E-state index in [0.29, 0.717) is 6.04 Å². The Hall–Kier alpha value is -2.15. The molecular weight excluding hydrogens is 318 g/mol. The second-order valence-electron chi connectivity index (χ2n) is 5.82. The molecule has 3 aromatic rings. The number of hydrogen-bond acceptors (Lipinski definition) is 6. The molecule has 0 radical (unpaired) electrons. The lowest BCUT2D eigenvalue weighted by Crippen LogP contribution is -2.45. The van der Waals surface area contributed by atoms with Gasteiger partial charge < -0.3 is 5.32 Å². The predicted molar refractivity (Wildman–Crippen MR) is 95.6 cm³/mol. The third-order valence-corrected chi connectivity index (χ3v) is 5.25. The molecule has 0 aliphatic carbocycles. The molecule has 1 unspecified atom stereocenters. The Morgan fingerprint density at radius 3 is 2.88 bits per heavy atom. The second-order valence-corrected chi connectivity index (χ2v) is 6.93. The van der Waals surface area contributed by atoms with Gasteiger partial charge in [-0.05, 0) is 29.8 Å². The number of rotatable bonds is 4. The summed E-state index contributed by atoms with van der Waals surface area (Å²) in [5.41, 5.74) is 2.26. The van der Waals surface area contributed by atoms with Crippen molar-refractivity contribution in [3.05, 3.63) is 65.6 Å². The number of nitrogens with zero attached hydrogens (tertiary/aromatic N) is 4. The minimum Gasteiger partial charge on any atom is -0.314 e. The number of hydrogen-bond donors (Lipinski definition) is 1. The summed E-state index contributed by atoms with van der Waals surface area (Å²) in [5, 5.41) is 4.48. The Morgan fingerprint density at radius 1 is 1.12 bits per heavy atom. The van der Waals surface area contributed by atoms with Crippen molar-refractivity contribution in [3.8, 4) is 10.7 Å². The Balaban J connectivity index is 1.52. The first-order valence-corrected chi connectivity index (χ1v) is 8.92. The summed E-state index contributed by atoms with van der Waals surface area (Å²) in [6.45, 7) is 3.94. The van der Waals surface area contributed by atoms with Crippen molar-refractivity contribution in [1.82, 2.24) is 25.2 Å². The van der Waals surface area contributed by atoms with Crippen molar-refractivity contribution in [3.63, 3.8) is 0 Å². The van der Waals surface area contributed by atoms with Crippen LogP contribution in [0.25, 0.3) is 10.7 Å². The highest BCUT2D eigenvalue weighted by Gasteiger charge is 2.24. The standard InChI is InChI=1S/C18H19N5S/c1-2-6-21-16(3-1)18-22-11-15(24-18)13-23-10-9-20-12-17(23)14-4-7-19-8-5-14/h1-8,11,17,20H,9-10,12-13H2. The van der Waals surface area contributed by atoms with Gasteiger partial charge in [-0.3, -0.25) is 14.9 Å². The molecule has 0 spiro atoms. The second kappa shape index (κ2) is 7.17. The van der Waals surface area contributed by atoms with E-state index in [2.05, 4.69) is 37.3 Å². The quantitative estimate of drug-likeness (QED) is 0.793. The summed E-state index contributed by atoms with van der Waals surface area (Å²) < 4.78 is 0. The van der Waals surface area contributed by atoms with Gasteiger partial charge in [0.2, 0.25) is 0 Å². The monoisotopic (exact) mass is 337 g/mol. The first-order chi connectivity index (χ1) is 11.9. The van der Waals surface area contributed by atoms with E-state index in [1.54, 1.807) is 11.3 Å². The van der Waals surface area contributed by atoms with Crippen LogP contribution in [0.3, 0.4) is 0 Å². The van der Waals surface area contributed by atoms with Crippen molar-refractivity contribution in [2.75, 3.05) is 19.6 Å². The van der Waals surface area contributed by atoms with Gasteiger partial charge in [0.05, 0.1) is 5.69 Å². The molecule has 4 rings (SSSR count). The lowest BCUT2D eigenvalue weighted by atomic mass is 10.0. The van der Waals surface area contributed by atoms with Crippen LogP contribution in [0.5, 0.6) is 0 Å². The van der Waals surface area contributed by atoms with Crippen LogP contribution in [0.4, 0.5) is 0 Å². The van der Waals surface area contributed by atoms with Crippen LogP contribution < -0.4 is 5.32 Å². The van der Waals surface area contributed by atoms with Gasteiger partial charge >= 0.3 is 0 Å². The predicted octanol–water partition coefficient (Wildman–Crippen LogP) is 2.75. The van der Waals surface area contributed by atoms with Gasteiger partial charge in [0, 0.05) is 61.9 Å². The minimum absolute atomic E-state index is 0.377. The summed E-state index contributed by atoms with van der Waals surface area (Å²) in [5.74, 6) is 0. The summed E-state index contributed by atoms with van der Waals surface area (Å²) >= 11 is 1.73. The van der Waals surface area contributed by atoms with Crippen LogP contribution in [0.2, 0.25) is 0 Å². The van der Waals surface area contributed by atoms with E-state index in [1.807, 2.05) is 43.0 Å². The lowest BCUT2D eigenvalue weighted by Gasteiger charge is -2.36. The maximum atomic E-state index is 4.55. The topological polar surface area (TPSA) is 53.9 Å². The molecule has 1 atom stereocenters. The zero-order chi connectivity index (χ0) is 16.2. The number of aromatic nitrogens is 3. The van der Waals surface area contributed by atoms with E-state index in [9.17, 15) is 0 Å². The molecule has 5 nitrogen and oxygen atoms in total. The maximum Gasteiger partial charge on any atom is 0.142 e. The highest BCUT2D eigenvalue weighted by atomic mass is 32.1. The van der Waals surface area contributed by atoms with Crippen LogP contribution in [0.1, 0.15) is 16.5 Å². The zero-order valence-electron chi connectivity index (χ0n) is 13.3. The van der Waals surface area contributed by atoms with Gasteiger partial charge in [0.25, 0.3) is 0 Å².